The number of carbonyl (C=O) groups excluding carboxylic acids is 2. The van der Waals surface area contributed by atoms with Crippen molar-refractivity contribution in [2.24, 2.45) is 5.73 Å². The van der Waals surface area contributed by atoms with Gasteiger partial charge in [-0.25, -0.2) is 4.57 Å². The van der Waals surface area contributed by atoms with Crippen molar-refractivity contribution in [3.8, 4) is 0 Å². The molecule has 4 N–H and O–H groups in total. The van der Waals surface area contributed by atoms with Crippen LogP contribution in [0, 0.1) is 0 Å². The summed E-state index contributed by atoms with van der Waals surface area (Å²) in [4.78, 5) is 45.8. The first-order chi connectivity index (χ1) is 25.6. The lowest BCUT2D eigenvalue weighted by molar-refractivity contribution is -0.161. The smallest absolute Gasteiger partial charge is 0.472 e. The van der Waals surface area contributed by atoms with Crippen molar-refractivity contribution in [2.45, 2.75) is 199 Å². The molecule has 0 aliphatic carbocycles. The summed E-state index contributed by atoms with van der Waals surface area (Å²) >= 11 is 0. The largest absolute Gasteiger partial charge is 0.480 e. The molecule has 310 valence electrons. The number of unbranched alkanes of at least 4 members (excludes halogenated alkanes) is 21. The second-order valence-corrected chi connectivity index (χ2v) is 15.6. The molecule has 1 unspecified atom stereocenters. The predicted molar refractivity (Wildman–Crippen MR) is 212 cm³/mol. The van der Waals surface area contributed by atoms with Gasteiger partial charge in [0.2, 0.25) is 0 Å². The van der Waals surface area contributed by atoms with E-state index in [2.05, 4.69) is 42.7 Å². The third-order valence-electron chi connectivity index (χ3n) is 8.92. The van der Waals surface area contributed by atoms with Crippen LogP contribution in [0.5, 0.6) is 0 Å². The van der Waals surface area contributed by atoms with Crippen molar-refractivity contribution in [3.05, 3.63) is 24.3 Å². The van der Waals surface area contributed by atoms with Crippen LogP contribution in [0.25, 0.3) is 0 Å². The molecule has 12 heteroatoms. The Balaban J connectivity index is 4.42. The summed E-state index contributed by atoms with van der Waals surface area (Å²) in [6.07, 6.45) is 36.7. The lowest BCUT2D eigenvalue weighted by atomic mass is 10.1. The third kappa shape index (κ3) is 36.7. The molecule has 3 atom stereocenters. The summed E-state index contributed by atoms with van der Waals surface area (Å²) in [6.45, 7) is 2.76. The Morgan fingerprint density at radius 2 is 0.943 bits per heavy atom. The average molecular weight is 774 g/mol. The van der Waals surface area contributed by atoms with Gasteiger partial charge >= 0.3 is 25.7 Å². The molecule has 0 amide bonds. The number of aliphatic carboxylic acids is 1. The maximum atomic E-state index is 12.6. The molecule has 0 fully saturated rings. The Bertz CT molecular complexity index is 1010. The minimum absolute atomic E-state index is 0.149. The van der Waals surface area contributed by atoms with Crippen LogP contribution in [0.3, 0.4) is 0 Å². The van der Waals surface area contributed by atoms with Gasteiger partial charge in [-0.2, -0.15) is 0 Å². The minimum Gasteiger partial charge on any atom is -0.480 e. The van der Waals surface area contributed by atoms with Crippen LogP contribution in [0.1, 0.15) is 187 Å². The van der Waals surface area contributed by atoms with E-state index in [0.717, 1.165) is 57.8 Å². The van der Waals surface area contributed by atoms with Crippen molar-refractivity contribution in [1.82, 2.24) is 0 Å². The van der Waals surface area contributed by atoms with E-state index < -0.39 is 51.1 Å². The van der Waals surface area contributed by atoms with E-state index in [9.17, 15) is 23.8 Å². The Kier molecular flexibility index (Phi) is 35.5. The molecule has 0 radical (unpaired) electrons. The van der Waals surface area contributed by atoms with Gasteiger partial charge in [0, 0.05) is 12.8 Å². The van der Waals surface area contributed by atoms with Gasteiger partial charge in [0.05, 0.1) is 13.2 Å². The number of phosphoric ester groups is 1. The van der Waals surface area contributed by atoms with E-state index >= 15 is 0 Å². The molecular weight excluding hydrogens is 697 g/mol. The van der Waals surface area contributed by atoms with Gasteiger partial charge < -0.3 is 25.2 Å². The fourth-order valence-corrected chi connectivity index (χ4v) is 6.36. The molecule has 0 saturated heterocycles. The second kappa shape index (κ2) is 36.9. The first-order valence-electron chi connectivity index (χ1n) is 20.9. The van der Waals surface area contributed by atoms with Crippen molar-refractivity contribution in [3.63, 3.8) is 0 Å². The van der Waals surface area contributed by atoms with Crippen LogP contribution in [-0.2, 0) is 37.5 Å². The molecule has 0 bridgehead atoms. The number of ether oxygens (including phenoxy) is 2. The van der Waals surface area contributed by atoms with Crippen molar-refractivity contribution in [2.75, 3.05) is 19.8 Å². The number of hydrogen-bond acceptors (Lipinski definition) is 9. The predicted octanol–water partition coefficient (Wildman–Crippen LogP) is 10.7. The number of carbonyl (C=O) groups is 3. The molecule has 0 aromatic heterocycles. The Labute approximate surface area is 321 Å². The normalized spacial score (nSPS) is 14.0. The third-order valence-corrected chi connectivity index (χ3v) is 9.87. The number of allylic oxidation sites excluding steroid dienone is 4. The SMILES string of the molecule is CCCCCCC/C=C/CCCCCCCC(=O)O[C@H](COC(=O)CCCC/C=C/CCCCCCCCCCC)COP(=O)(O)OC[C@H](N)C(=O)O. The highest BCUT2D eigenvalue weighted by atomic mass is 31.2. The minimum atomic E-state index is -4.72. The van der Waals surface area contributed by atoms with E-state index in [4.69, 9.17) is 24.8 Å². The molecule has 0 aliphatic rings. The average Bonchev–Trinajstić information content (AvgIpc) is 3.13. The van der Waals surface area contributed by atoms with E-state index in [1.165, 1.54) is 89.9 Å². The number of carboxylic acids is 1. The second-order valence-electron chi connectivity index (χ2n) is 14.1. The summed E-state index contributed by atoms with van der Waals surface area (Å²) in [5.41, 5.74) is 5.32. The molecule has 11 nitrogen and oxygen atoms in total. The summed E-state index contributed by atoms with van der Waals surface area (Å²) in [5, 5.41) is 8.87. The number of rotatable bonds is 39. The first kappa shape index (κ1) is 51.0. The molecule has 0 spiro atoms. The fourth-order valence-electron chi connectivity index (χ4n) is 5.58. The highest BCUT2D eigenvalue weighted by Crippen LogP contribution is 2.43. The molecule has 0 aliphatic heterocycles. The summed E-state index contributed by atoms with van der Waals surface area (Å²) < 4.78 is 32.6. The van der Waals surface area contributed by atoms with Crippen LogP contribution in [-0.4, -0.2) is 59.9 Å². The molecule has 0 saturated carbocycles. The highest BCUT2D eigenvalue weighted by molar-refractivity contribution is 7.47. The number of esters is 2. The van der Waals surface area contributed by atoms with Gasteiger partial charge in [0.25, 0.3) is 0 Å². The van der Waals surface area contributed by atoms with E-state index in [1.54, 1.807) is 0 Å². The molecule has 0 rings (SSSR count). The zero-order valence-corrected chi connectivity index (χ0v) is 34.3. The van der Waals surface area contributed by atoms with E-state index in [1.807, 2.05) is 0 Å². The van der Waals surface area contributed by atoms with E-state index in [0.29, 0.717) is 12.8 Å². The highest BCUT2D eigenvalue weighted by Gasteiger charge is 2.28. The maximum absolute atomic E-state index is 12.6. The number of carboxylic acid groups (broad SMARTS) is 1. The first-order valence-corrected chi connectivity index (χ1v) is 22.4. The van der Waals surface area contributed by atoms with Crippen LogP contribution >= 0.6 is 7.82 Å². The van der Waals surface area contributed by atoms with Crippen LogP contribution in [0.15, 0.2) is 24.3 Å². The van der Waals surface area contributed by atoms with Gasteiger partial charge in [-0.15, -0.1) is 0 Å². The molecular formula is C41H76NO10P. The zero-order chi connectivity index (χ0) is 39.3. The van der Waals surface area contributed by atoms with Gasteiger partial charge in [-0.1, -0.05) is 134 Å². The van der Waals surface area contributed by atoms with Gasteiger partial charge in [-0.05, 0) is 64.2 Å². The van der Waals surface area contributed by atoms with E-state index in [-0.39, 0.29) is 19.4 Å². The van der Waals surface area contributed by atoms with Crippen LogP contribution < -0.4 is 5.73 Å². The topological polar surface area (TPSA) is 172 Å². The quantitative estimate of drug-likeness (QED) is 0.0235. The summed E-state index contributed by atoms with van der Waals surface area (Å²) in [6, 6.07) is -1.52. The molecule has 0 aromatic rings. The zero-order valence-electron chi connectivity index (χ0n) is 33.4. The monoisotopic (exact) mass is 774 g/mol. The fraction of sp³-hybridized carbons (Fsp3) is 0.829. The lowest BCUT2D eigenvalue weighted by Gasteiger charge is -2.20. The Hall–Kier alpha value is -2.04. The maximum Gasteiger partial charge on any atom is 0.472 e. The number of phosphoric acid groups is 1. The molecule has 53 heavy (non-hydrogen) atoms. The van der Waals surface area contributed by atoms with Crippen molar-refractivity contribution >= 4 is 25.7 Å². The van der Waals surface area contributed by atoms with Gasteiger partial charge in [-0.3, -0.25) is 23.4 Å². The molecule has 0 heterocycles. The van der Waals surface area contributed by atoms with Gasteiger partial charge in [0.1, 0.15) is 12.6 Å². The lowest BCUT2D eigenvalue weighted by Crippen LogP contribution is -2.34. The standard InChI is InChI=1S/C41H76NO10P/c1-3-5-7-9-11-13-15-17-19-21-22-24-26-28-30-32-39(43)49-34-37(35-50-53(47,48)51-36-38(42)41(45)46)52-40(44)33-31-29-27-25-23-20-18-16-14-12-10-8-6-4-2/h16,18,22,24,37-38H,3-15,17,19-21,23,25-36,42H2,1-2H3,(H,45,46)(H,47,48)/b18-16+,24-22+/t37-,38+/m1/s1. The van der Waals surface area contributed by atoms with Gasteiger partial charge in [0.15, 0.2) is 6.10 Å². The molecule has 0 aromatic carbocycles. The van der Waals surface area contributed by atoms with Crippen LogP contribution in [0.4, 0.5) is 0 Å². The van der Waals surface area contributed by atoms with Crippen LogP contribution in [0.2, 0.25) is 0 Å². The Morgan fingerprint density at radius 1 is 0.566 bits per heavy atom. The van der Waals surface area contributed by atoms with Crippen molar-refractivity contribution in [1.29, 1.82) is 0 Å². The summed E-state index contributed by atoms with van der Waals surface area (Å²) in [7, 11) is -4.72. The Morgan fingerprint density at radius 3 is 1.42 bits per heavy atom. The number of hydrogen-bond donors (Lipinski definition) is 3. The van der Waals surface area contributed by atoms with Crippen molar-refractivity contribution < 1.29 is 47.5 Å². The number of nitrogens with two attached hydrogens (primary N) is 1. The summed E-state index contributed by atoms with van der Waals surface area (Å²) in [5.74, 6) is -2.41.